The molecular weight excluding hydrogens is 226 g/mol. The lowest BCUT2D eigenvalue weighted by atomic mass is 10.2. The molecular formula is C14H29N3O. The van der Waals surface area contributed by atoms with Crippen molar-refractivity contribution in [3.63, 3.8) is 0 Å². The summed E-state index contributed by atoms with van der Waals surface area (Å²) in [6, 6.07) is 0.709. The fourth-order valence-electron chi connectivity index (χ4n) is 3.03. The number of nitrogens with zero attached hydrogens (tertiary/aromatic N) is 2. The quantitative estimate of drug-likeness (QED) is 0.694. The molecule has 4 heteroatoms. The maximum atomic E-state index is 5.23. The second kappa shape index (κ2) is 8.10. The van der Waals surface area contributed by atoms with Crippen molar-refractivity contribution in [2.45, 2.75) is 31.7 Å². The predicted octanol–water partition coefficient (Wildman–Crippen LogP) is 0.783. The second-order valence-corrected chi connectivity index (χ2v) is 5.64. The molecule has 1 atom stereocenters. The van der Waals surface area contributed by atoms with Crippen molar-refractivity contribution in [3.05, 3.63) is 0 Å². The summed E-state index contributed by atoms with van der Waals surface area (Å²) in [4.78, 5) is 5.17. The third-order valence-electron chi connectivity index (χ3n) is 4.18. The van der Waals surface area contributed by atoms with E-state index in [9.17, 15) is 0 Å². The molecule has 0 aromatic rings. The average Bonchev–Trinajstić information content (AvgIpc) is 3.05. The minimum Gasteiger partial charge on any atom is -0.383 e. The highest BCUT2D eigenvalue weighted by atomic mass is 16.5. The molecule has 0 bridgehead atoms. The highest BCUT2D eigenvalue weighted by Crippen LogP contribution is 2.09. The minimum absolute atomic E-state index is 0.709. The Kier molecular flexibility index (Phi) is 6.41. The lowest BCUT2D eigenvalue weighted by Crippen LogP contribution is -2.42. The Morgan fingerprint density at radius 3 is 2.72 bits per heavy atom. The van der Waals surface area contributed by atoms with Gasteiger partial charge in [0.15, 0.2) is 0 Å². The first-order chi connectivity index (χ1) is 8.88. The predicted molar refractivity (Wildman–Crippen MR) is 75.0 cm³/mol. The van der Waals surface area contributed by atoms with E-state index in [2.05, 4.69) is 15.1 Å². The molecule has 2 heterocycles. The lowest BCUT2D eigenvalue weighted by molar-refractivity contribution is 0.133. The van der Waals surface area contributed by atoms with Crippen molar-refractivity contribution in [2.24, 2.45) is 0 Å². The molecule has 106 valence electrons. The SMILES string of the molecule is COCCN(CCN1CCCC1)CC1CCCN1. The van der Waals surface area contributed by atoms with E-state index in [4.69, 9.17) is 4.74 Å². The highest BCUT2D eigenvalue weighted by molar-refractivity contribution is 4.78. The number of rotatable bonds is 8. The van der Waals surface area contributed by atoms with Crippen LogP contribution in [0.2, 0.25) is 0 Å². The van der Waals surface area contributed by atoms with Crippen LogP contribution in [0.25, 0.3) is 0 Å². The first-order valence-electron chi connectivity index (χ1n) is 7.55. The molecule has 0 radical (unpaired) electrons. The molecule has 2 aliphatic heterocycles. The van der Waals surface area contributed by atoms with Gasteiger partial charge in [-0.3, -0.25) is 4.90 Å². The summed E-state index contributed by atoms with van der Waals surface area (Å²) in [6.45, 7) is 9.36. The van der Waals surface area contributed by atoms with E-state index in [1.54, 1.807) is 7.11 Å². The van der Waals surface area contributed by atoms with Crippen molar-refractivity contribution in [2.75, 3.05) is 59.5 Å². The zero-order chi connectivity index (χ0) is 12.6. The minimum atomic E-state index is 0.709. The van der Waals surface area contributed by atoms with Crippen molar-refractivity contribution in [1.29, 1.82) is 0 Å². The summed E-state index contributed by atoms with van der Waals surface area (Å²) < 4.78 is 5.23. The number of methoxy groups -OCH3 is 1. The number of likely N-dealkylation sites (tertiary alicyclic amines) is 1. The van der Waals surface area contributed by atoms with E-state index in [1.165, 1.54) is 65.0 Å². The second-order valence-electron chi connectivity index (χ2n) is 5.64. The van der Waals surface area contributed by atoms with Crippen LogP contribution in [0.1, 0.15) is 25.7 Å². The zero-order valence-corrected chi connectivity index (χ0v) is 11.9. The molecule has 4 nitrogen and oxygen atoms in total. The Hall–Kier alpha value is -0.160. The maximum absolute atomic E-state index is 5.23. The molecule has 2 fully saturated rings. The summed E-state index contributed by atoms with van der Waals surface area (Å²) in [6.07, 6.45) is 5.46. The molecule has 1 N–H and O–H groups in total. The number of hydrogen-bond donors (Lipinski definition) is 1. The van der Waals surface area contributed by atoms with Crippen molar-refractivity contribution in [1.82, 2.24) is 15.1 Å². The normalized spacial score (nSPS) is 25.3. The van der Waals surface area contributed by atoms with Crippen LogP contribution in [0, 0.1) is 0 Å². The van der Waals surface area contributed by atoms with Crippen LogP contribution in [-0.4, -0.2) is 75.4 Å². The van der Waals surface area contributed by atoms with Crippen LogP contribution in [0.5, 0.6) is 0 Å². The van der Waals surface area contributed by atoms with E-state index in [0.29, 0.717) is 6.04 Å². The molecule has 2 rings (SSSR count). The molecule has 0 saturated carbocycles. The van der Waals surface area contributed by atoms with Gasteiger partial charge in [0.25, 0.3) is 0 Å². The van der Waals surface area contributed by atoms with Crippen LogP contribution in [0.3, 0.4) is 0 Å². The van der Waals surface area contributed by atoms with Gasteiger partial charge in [0, 0.05) is 39.3 Å². The summed E-state index contributed by atoms with van der Waals surface area (Å²) in [5.74, 6) is 0. The Balaban J connectivity index is 1.68. The molecule has 2 aliphatic rings. The Labute approximate surface area is 112 Å². The van der Waals surface area contributed by atoms with Crippen LogP contribution in [0.15, 0.2) is 0 Å². The first-order valence-corrected chi connectivity index (χ1v) is 7.55. The van der Waals surface area contributed by atoms with Gasteiger partial charge in [0.2, 0.25) is 0 Å². The van der Waals surface area contributed by atoms with E-state index >= 15 is 0 Å². The van der Waals surface area contributed by atoms with Crippen LogP contribution in [0.4, 0.5) is 0 Å². The van der Waals surface area contributed by atoms with Gasteiger partial charge in [-0.05, 0) is 45.3 Å². The summed E-state index contributed by atoms with van der Waals surface area (Å²) >= 11 is 0. The third-order valence-corrected chi connectivity index (χ3v) is 4.18. The fraction of sp³-hybridized carbons (Fsp3) is 1.00. The summed E-state index contributed by atoms with van der Waals surface area (Å²) in [5.41, 5.74) is 0. The molecule has 0 amide bonds. The topological polar surface area (TPSA) is 27.7 Å². The highest BCUT2D eigenvalue weighted by Gasteiger charge is 2.19. The molecule has 0 spiro atoms. The van der Waals surface area contributed by atoms with E-state index in [-0.39, 0.29) is 0 Å². The van der Waals surface area contributed by atoms with Gasteiger partial charge in [-0.2, -0.15) is 0 Å². The van der Waals surface area contributed by atoms with Gasteiger partial charge in [-0.1, -0.05) is 0 Å². The largest absolute Gasteiger partial charge is 0.383 e. The van der Waals surface area contributed by atoms with E-state index in [1.807, 2.05) is 0 Å². The van der Waals surface area contributed by atoms with Gasteiger partial charge in [0.05, 0.1) is 6.61 Å². The number of nitrogens with one attached hydrogen (secondary N) is 1. The standard InChI is InChI=1S/C14H29N3O/c1-18-12-11-17(13-14-5-4-6-15-14)10-9-16-7-2-3-8-16/h14-15H,2-13H2,1H3. The molecule has 18 heavy (non-hydrogen) atoms. The number of hydrogen-bond acceptors (Lipinski definition) is 4. The van der Waals surface area contributed by atoms with Gasteiger partial charge in [-0.25, -0.2) is 0 Å². The van der Waals surface area contributed by atoms with Crippen LogP contribution in [-0.2, 0) is 4.74 Å². The maximum Gasteiger partial charge on any atom is 0.0589 e. The first kappa shape index (κ1) is 14.3. The van der Waals surface area contributed by atoms with E-state index in [0.717, 1.165) is 13.2 Å². The number of ether oxygens (including phenoxy) is 1. The van der Waals surface area contributed by atoms with Gasteiger partial charge < -0.3 is 15.0 Å². The third kappa shape index (κ3) is 4.84. The summed E-state index contributed by atoms with van der Waals surface area (Å²) in [5, 5.41) is 3.60. The van der Waals surface area contributed by atoms with E-state index < -0.39 is 0 Å². The Bertz CT molecular complexity index is 213. The molecule has 0 aromatic heterocycles. The van der Waals surface area contributed by atoms with Crippen LogP contribution >= 0.6 is 0 Å². The van der Waals surface area contributed by atoms with Crippen molar-refractivity contribution < 1.29 is 4.74 Å². The zero-order valence-electron chi connectivity index (χ0n) is 11.9. The fourth-order valence-corrected chi connectivity index (χ4v) is 3.03. The molecule has 0 aliphatic carbocycles. The molecule has 1 unspecified atom stereocenters. The Morgan fingerprint density at radius 1 is 1.22 bits per heavy atom. The van der Waals surface area contributed by atoms with Crippen molar-refractivity contribution in [3.8, 4) is 0 Å². The average molecular weight is 255 g/mol. The van der Waals surface area contributed by atoms with Gasteiger partial charge in [-0.15, -0.1) is 0 Å². The summed E-state index contributed by atoms with van der Waals surface area (Å²) in [7, 11) is 1.80. The van der Waals surface area contributed by atoms with Gasteiger partial charge >= 0.3 is 0 Å². The van der Waals surface area contributed by atoms with Crippen molar-refractivity contribution >= 4 is 0 Å². The lowest BCUT2D eigenvalue weighted by Gasteiger charge is -2.27. The Morgan fingerprint density at radius 2 is 2.06 bits per heavy atom. The molecule has 0 aromatic carbocycles. The van der Waals surface area contributed by atoms with Crippen LogP contribution < -0.4 is 5.32 Å². The van der Waals surface area contributed by atoms with Gasteiger partial charge in [0.1, 0.15) is 0 Å². The molecule has 2 saturated heterocycles. The smallest absolute Gasteiger partial charge is 0.0589 e. The monoisotopic (exact) mass is 255 g/mol.